The molecule has 0 saturated carbocycles. The van der Waals surface area contributed by atoms with Gasteiger partial charge in [-0.25, -0.2) is 4.79 Å². The van der Waals surface area contributed by atoms with Gasteiger partial charge in [-0.15, -0.1) is 0 Å². The van der Waals surface area contributed by atoms with E-state index in [0.717, 1.165) is 11.3 Å². The molecular formula is C13H17NO3. The normalized spacial score (nSPS) is 12.3. The number of rotatable bonds is 4. The minimum Gasteiger partial charge on any atom is -0.479 e. The van der Waals surface area contributed by atoms with Crippen molar-refractivity contribution >= 4 is 11.7 Å². The van der Waals surface area contributed by atoms with Gasteiger partial charge in [-0.3, -0.25) is 0 Å². The first-order valence-electron chi connectivity index (χ1n) is 5.39. The van der Waals surface area contributed by atoms with Crippen molar-refractivity contribution in [2.45, 2.75) is 20.8 Å². The largest absolute Gasteiger partial charge is 0.479 e. The Labute approximate surface area is 101 Å². The van der Waals surface area contributed by atoms with E-state index in [1.165, 1.54) is 0 Å². The number of aliphatic carboxylic acids is 1. The fraction of sp³-hybridized carbons (Fsp3) is 0.385. The third-order valence-electron chi connectivity index (χ3n) is 2.10. The Balaban J connectivity index is 2.93. The van der Waals surface area contributed by atoms with Gasteiger partial charge in [-0.2, -0.15) is 0 Å². The van der Waals surface area contributed by atoms with Gasteiger partial charge >= 0.3 is 5.97 Å². The number of hydrogen-bond donors (Lipinski definition) is 1. The number of carbonyl (C=O) groups is 1. The van der Waals surface area contributed by atoms with Gasteiger partial charge in [0, 0.05) is 5.41 Å². The van der Waals surface area contributed by atoms with Gasteiger partial charge in [-0.05, 0) is 5.56 Å². The molecule has 92 valence electrons. The molecule has 4 nitrogen and oxygen atoms in total. The Morgan fingerprint density at radius 3 is 2.35 bits per heavy atom. The van der Waals surface area contributed by atoms with Crippen LogP contribution in [0.2, 0.25) is 0 Å². The molecule has 0 spiro atoms. The summed E-state index contributed by atoms with van der Waals surface area (Å²) >= 11 is 0. The molecule has 0 unspecified atom stereocenters. The van der Waals surface area contributed by atoms with E-state index in [2.05, 4.69) is 5.16 Å². The molecule has 1 rings (SSSR count). The number of oxime groups is 1. The lowest BCUT2D eigenvalue weighted by Crippen LogP contribution is -2.22. The maximum atomic E-state index is 10.4. The Hall–Kier alpha value is -1.84. The lowest BCUT2D eigenvalue weighted by atomic mass is 9.86. The minimum atomic E-state index is -1.03. The summed E-state index contributed by atoms with van der Waals surface area (Å²) in [6, 6.07) is 9.59. The second-order valence-corrected chi connectivity index (χ2v) is 4.72. The van der Waals surface area contributed by atoms with Crippen molar-refractivity contribution in [3.8, 4) is 0 Å². The maximum absolute atomic E-state index is 10.4. The molecule has 0 saturated heterocycles. The van der Waals surface area contributed by atoms with Crippen LogP contribution in [0.25, 0.3) is 0 Å². The molecule has 0 bridgehead atoms. The van der Waals surface area contributed by atoms with Gasteiger partial charge in [0.2, 0.25) is 6.61 Å². The Bertz CT molecular complexity index is 404. The van der Waals surface area contributed by atoms with Crippen molar-refractivity contribution in [3.63, 3.8) is 0 Å². The molecule has 0 amide bonds. The van der Waals surface area contributed by atoms with E-state index in [1.54, 1.807) is 0 Å². The van der Waals surface area contributed by atoms with Gasteiger partial charge in [0.05, 0.1) is 5.71 Å². The summed E-state index contributed by atoms with van der Waals surface area (Å²) in [6.45, 7) is 5.58. The van der Waals surface area contributed by atoms with Crippen LogP contribution in [0.5, 0.6) is 0 Å². The monoisotopic (exact) mass is 235 g/mol. The first kappa shape index (κ1) is 13.2. The molecule has 0 atom stereocenters. The van der Waals surface area contributed by atoms with Crippen LogP contribution >= 0.6 is 0 Å². The zero-order valence-electron chi connectivity index (χ0n) is 10.3. The van der Waals surface area contributed by atoms with E-state index in [4.69, 9.17) is 9.94 Å². The first-order valence-corrected chi connectivity index (χ1v) is 5.39. The van der Waals surface area contributed by atoms with E-state index >= 15 is 0 Å². The molecule has 17 heavy (non-hydrogen) atoms. The zero-order chi connectivity index (χ0) is 12.9. The number of benzene rings is 1. The summed E-state index contributed by atoms with van der Waals surface area (Å²) in [7, 11) is 0. The summed E-state index contributed by atoms with van der Waals surface area (Å²) in [6.07, 6.45) is 0. The highest BCUT2D eigenvalue weighted by Gasteiger charge is 2.21. The fourth-order valence-corrected chi connectivity index (χ4v) is 1.37. The third-order valence-corrected chi connectivity index (χ3v) is 2.10. The van der Waals surface area contributed by atoms with Crippen LogP contribution in [0.3, 0.4) is 0 Å². The van der Waals surface area contributed by atoms with Crippen LogP contribution in [0.1, 0.15) is 26.3 Å². The number of carboxylic acid groups (broad SMARTS) is 1. The van der Waals surface area contributed by atoms with Crippen LogP contribution in [-0.2, 0) is 9.63 Å². The number of nitrogens with zero attached hydrogens (tertiary/aromatic N) is 1. The molecule has 0 fully saturated rings. The minimum absolute atomic E-state index is 0.208. The predicted molar refractivity (Wildman–Crippen MR) is 66.0 cm³/mol. The number of carboxylic acids is 1. The molecule has 1 N–H and O–H groups in total. The van der Waals surface area contributed by atoms with Gasteiger partial charge < -0.3 is 9.94 Å². The van der Waals surface area contributed by atoms with Crippen LogP contribution in [0.4, 0.5) is 0 Å². The molecule has 0 heterocycles. The van der Waals surface area contributed by atoms with Crippen LogP contribution in [-0.4, -0.2) is 23.4 Å². The zero-order valence-corrected chi connectivity index (χ0v) is 10.3. The summed E-state index contributed by atoms with van der Waals surface area (Å²) in [5.74, 6) is -1.03. The molecule has 1 aromatic rings. The van der Waals surface area contributed by atoms with Crippen LogP contribution < -0.4 is 0 Å². The maximum Gasteiger partial charge on any atom is 0.344 e. The van der Waals surface area contributed by atoms with Crippen LogP contribution in [0.15, 0.2) is 35.5 Å². The fourth-order valence-electron chi connectivity index (χ4n) is 1.37. The summed E-state index contributed by atoms with van der Waals surface area (Å²) in [4.78, 5) is 15.2. The molecule has 4 heteroatoms. The summed E-state index contributed by atoms with van der Waals surface area (Å²) in [5.41, 5.74) is 1.46. The lowest BCUT2D eigenvalue weighted by molar-refractivity contribution is -0.142. The standard InChI is InChI=1S/C13H17NO3/c1-13(2,3)12(14-17-9-11(15)16)10-7-5-4-6-8-10/h4-8H,9H2,1-3H3,(H,15,16)/b14-12+. The van der Waals surface area contributed by atoms with Gasteiger partial charge in [0.25, 0.3) is 0 Å². The van der Waals surface area contributed by atoms with E-state index in [0.29, 0.717) is 0 Å². The molecule has 1 aromatic carbocycles. The second-order valence-electron chi connectivity index (χ2n) is 4.72. The second kappa shape index (κ2) is 5.48. The third kappa shape index (κ3) is 4.26. The molecule has 0 aliphatic rings. The molecular weight excluding hydrogens is 218 g/mol. The van der Waals surface area contributed by atoms with Crippen molar-refractivity contribution in [1.29, 1.82) is 0 Å². The SMILES string of the molecule is CC(C)(C)/C(=N/OCC(=O)O)c1ccccc1. The van der Waals surface area contributed by atoms with Crippen LogP contribution in [0, 0.1) is 5.41 Å². The average molecular weight is 235 g/mol. The van der Waals surface area contributed by atoms with E-state index in [9.17, 15) is 4.79 Å². The first-order chi connectivity index (χ1) is 7.91. The van der Waals surface area contributed by atoms with E-state index < -0.39 is 12.6 Å². The van der Waals surface area contributed by atoms with Crippen molar-refractivity contribution in [3.05, 3.63) is 35.9 Å². The highest BCUT2D eigenvalue weighted by atomic mass is 16.6. The van der Waals surface area contributed by atoms with Gasteiger partial charge in [0.1, 0.15) is 0 Å². The van der Waals surface area contributed by atoms with Gasteiger partial charge in [-0.1, -0.05) is 56.3 Å². The highest BCUT2D eigenvalue weighted by molar-refractivity contribution is 6.03. The quantitative estimate of drug-likeness (QED) is 0.644. The topological polar surface area (TPSA) is 58.9 Å². The van der Waals surface area contributed by atoms with Gasteiger partial charge in [0.15, 0.2) is 0 Å². The van der Waals surface area contributed by atoms with Crippen molar-refractivity contribution in [2.75, 3.05) is 6.61 Å². The predicted octanol–water partition coefficient (Wildman–Crippen LogP) is 2.54. The van der Waals surface area contributed by atoms with Crippen molar-refractivity contribution in [1.82, 2.24) is 0 Å². The van der Waals surface area contributed by atoms with E-state index in [-0.39, 0.29) is 5.41 Å². The lowest BCUT2D eigenvalue weighted by Gasteiger charge is -2.20. The van der Waals surface area contributed by atoms with Crippen molar-refractivity contribution < 1.29 is 14.7 Å². The van der Waals surface area contributed by atoms with E-state index in [1.807, 2.05) is 51.1 Å². The smallest absolute Gasteiger partial charge is 0.344 e. The number of hydrogen-bond acceptors (Lipinski definition) is 3. The Morgan fingerprint density at radius 1 is 1.29 bits per heavy atom. The summed E-state index contributed by atoms with van der Waals surface area (Å²) in [5, 5.41) is 12.4. The molecule has 0 radical (unpaired) electrons. The molecule has 0 aliphatic carbocycles. The van der Waals surface area contributed by atoms with Crippen molar-refractivity contribution in [2.24, 2.45) is 10.6 Å². The summed E-state index contributed by atoms with van der Waals surface area (Å²) < 4.78 is 0. The highest BCUT2D eigenvalue weighted by Crippen LogP contribution is 2.22. The Morgan fingerprint density at radius 2 is 1.88 bits per heavy atom. The molecule has 0 aromatic heterocycles. The Kier molecular flexibility index (Phi) is 4.26. The molecule has 0 aliphatic heterocycles. The average Bonchev–Trinajstić information content (AvgIpc) is 2.23.